The van der Waals surface area contributed by atoms with Crippen LogP contribution in [0.5, 0.6) is 0 Å². The summed E-state index contributed by atoms with van der Waals surface area (Å²) in [7, 11) is -2.95. The van der Waals surface area contributed by atoms with E-state index in [1.165, 1.54) is 6.26 Å². The molecule has 22 heavy (non-hydrogen) atoms. The largest absolute Gasteiger partial charge is 0.444 e. The first-order chi connectivity index (χ1) is 10.0. The Balaban J connectivity index is 2.47. The van der Waals surface area contributed by atoms with Gasteiger partial charge in [0, 0.05) is 31.1 Å². The van der Waals surface area contributed by atoms with Crippen LogP contribution < -0.4 is 11.3 Å². The third-order valence-electron chi connectivity index (χ3n) is 3.69. The van der Waals surface area contributed by atoms with Crippen LogP contribution in [0, 0.1) is 5.92 Å². The molecule has 0 aromatic heterocycles. The van der Waals surface area contributed by atoms with Crippen molar-refractivity contribution in [3.05, 3.63) is 0 Å². The second-order valence-electron chi connectivity index (χ2n) is 7.02. The Kier molecular flexibility index (Phi) is 6.64. The van der Waals surface area contributed by atoms with E-state index in [1.807, 2.05) is 20.8 Å². The zero-order chi connectivity index (χ0) is 17.0. The van der Waals surface area contributed by atoms with Crippen LogP contribution in [0.15, 0.2) is 0 Å². The van der Waals surface area contributed by atoms with Gasteiger partial charge in [0.1, 0.15) is 15.4 Å². The molecule has 130 valence electrons. The summed E-state index contributed by atoms with van der Waals surface area (Å²) < 4.78 is 27.7. The molecule has 1 saturated heterocycles. The van der Waals surface area contributed by atoms with Crippen molar-refractivity contribution in [2.24, 2.45) is 11.8 Å². The molecular weight excluding hydrogens is 306 g/mol. The van der Waals surface area contributed by atoms with Gasteiger partial charge in [-0.1, -0.05) is 0 Å². The molecule has 1 rings (SSSR count). The number of likely N-dealkylation sites (tertiary alicyclic amines) is 1. The zero-order valence-electron chi connectivity index (χ0n) is 14.0. The van der Waals surface area contributed by atoms with Crippen LogP contribution in [0.3, 0.4) is 0 Å². The summed E-state index contributed by atoms with van der Waals surface area (Å²) in [5.41, 5.74) is 2.26. The predicted octanol–water partition coefficient (Wildman–Crippen LogP) is 0.900. The van der Waals surface area contributed by atoms with Crippen LogP contribution in [0.2, 0.25) is 0 Å². The average Bonchev–Trinajstić information content (AvgIpc) is 2.80. The Morgan fingerprint density at radius 1 is 1.45 bits per heavy atom. The number of sulfone groups is 1. The monoisotopic (exact) mass is 335 g/mol. The molecule has 1 fully saturated rings. The third-order valence-corrected chi connectivity index (χ3v) is 4.72. The number of carbonyl (C=O) groups excluding carboxylic acids is 1. The van der Waals surface area contributed by atoms with Gasteiger partial charge in [0.15, 0.2) is 0 Å². The molecule has 1 aliphatic rings. The number of carbonyl (C=O) groups is 1. The summed E-state index contributed by atoms with van der Waals surface area (Å²) in [5.74, 6) is 5.97. The first-order valence-electron chi connectivity index (χ1n) is 7.63. The van der Waals surface area contributed by atoms with Gasteiger partial charge < -0.3 is 9.64 Å². The van der Waals surface area contributed by atoms with E-state index in [-0.39, 0.29) is 23.8 Å². The number of rotatable bonds is 6. The summed E-state index contributed by atoms with van der Waals surface area (Å²) in [4.78, 5) is 13.7. The maximum atomic E-state index is 12.0. The molecular formula is C14H29N3O4S. The lowest BCUT2D eigenvalue weighted by Crippen LogP contribution is -2.43. The fraction of sp³-hybridized carbons (Fsp3) is 0.929. The van der Waals surface area contributed by atoms with Crippen molar-refractivity contribution in [3.8, 4) is 0 Å². The van der Waals surface area contributed by atoms with Gasteiger partial charge in [-0.25, -0.2) is 13.2 Å². The normalized spacial score (nSPS) is 21.0. The van der Waals surface area contributed by atoms with E-state index in [9.17, 15) is 13.2 Å². The van der Waals surface area contributed by atoms with Crippen molar-refractivity contribution in [3.63, 3.8) is 0 Å². The molecule has 0 bridgehead atoms. The Morgan fingerprint density at radius 2 is 2.09 bits per heavy atom. The maximum Gasteiger partial charge on any atom is 0.410 e. The lowest BCUT2D eigenvalue weighted by atomic mass is 9.96. The van der Waals surface area contributed by atoms with Crippen molar-refractivity contribution >= 4 is 15.9 Å². The molecule has 0 saturated carbocycles. The van der Waals surface area contributed by atoms with Crippen molar-refractivity contribution in [1.82, 2.24) is 10.3 Å². The zero-order valence-corrected chi connectivity index (χ0v) is 14.8. The maximum absolute atomic E-state index is 12.0. The second kappa shape index (κ2) is 7.61. The third kappa shape index (κ3) is 6.93. The number of hydrogen-bond donors (Lipinski definition) is 2. The highest BCUT2D eigenvalue weighted by Crippen LogP contribution is 2.24. The van der Waals surface area contributed by atoms with Gasteiger partial charge in [-0.2, -0.15) is 0 Å². The summed E-state index contributed by atoms with van der Waals surface area (Å²) in [6.07, 6.45) is 3.01. The standard InChI is InChI=1S/C14H29N3O4S/c1-14(2,3)21-13(18)17-8-7-11(10-17)12(16-15)6-5-9-22(4,19)20/h11-12,16H,5-10,15H2,1-4H3. The van der Waals surface area contributed by atoms with Crippen LogP contribution in [0.25, 0.3) is 0 Å². The van der Waals surface area contributed by atoms with Crippen molar-refractivity contribution in [1.29, 1.82) is 0 Å². The van der Waals surface area contributed by atoms with Crippen LogP contribution >= 0.6 is 0 Å². The topological polar surface area (TPSA) is 102 Å². The SMILES string of the molecule is CC(C)(C)OC(=O)N1CCC(C(CCCS(C)(=O)=O)NN)C1. The molecule has 2 atom stereocenters. The molecule has 0 aliphatic carbocycles. The summed E-state index contributed by atoms with van der Waals surface area (Å²) in [5, 5.41) is 0. The minimum absolute atomic E-state index is 0.00851. The van der Waals surface area contributed by atoms with E-state index in [0.717, 1.165) is 6.42 Å². The van der Waals surface area contributed by atoms with Crippen LogP contribution in [0.4, 0.5) is 4.79 Å². The van der Waals surface area contributed by atoms with Gasteiger partial charge in [-0.3, -0.25) is 11.3 Å². The average molecular weight is 335 g/mol. The number of ether oxygens (including phenoxy) is 1. The summed E-state index contributed by atoms with van der Waals surface area (Å²) >= 11 is 0. The fourth-order valence-corrected chi connectivity index (χ4v) is 3.32. The molecule has 2 unspecified atom stereocenters. The molecule has 8 heteroatoms. The first kappa shape index (κ1) is 19.2. The summed E-state index contributed by atoms with van der Waals surface area (Å²) in [6.45, 7) is 6.75. The first-order valence-corrected chi connectivity index (χ1v) is 9.69. The minimum Gasteiger partial charge on any atom is -0.444 e. The van der Waals surface area contributed by atoms with E-state index < -0.39 is 15.4 Å². The second-order valence-corrected chi connectivity index (χ2v) is 9.28. The highest BCUT2D eigenvalue weighted by atomic mass is 32.2. The minimum atomic E-state index is -2.95. The molecule has 3 N–H and O–H groups in total. The molecule has 0 spiro atoms. The predicted molar refractivity (Wildman–Crippen MR) is 86.0 cm³/mol. The van der Waals surface area contributed by atoms with E-state index in [4.69, 9.17) is 10.6 Å². The number of nitrogens with two attached hydrogens (primary N) is 1. The Bertz CT molecular complexity index is 473. The van der Waals surface area contributed by atoms with E-state index in [2.05, 4.69) is 5.43 Å². The fourth-order valence-electron chi connectivity index (χ4n) is 2.63. The van der Waals surface area contributed by atoms with E-state index in [0.29, 0.717) is 25.9 Å². The van der Waals surface area contributed by atoms with Gasteiger partial charge in [0.2, 0.25) is 0 Å². The highest BCUT2D eigenvalue weighted by molar-refractivity contribution is 7.90. The number of hydrazine groups is 1. The Morgan fingerprint density at radius 3 is 2.59 bits per heavy atom. The van der Waals surface area contributed by atoms with Crippen molar-refractivity contribution < 1.29 is 17.9 Å². The van der Waals surface area contributed by atoms with Crippen LogP contribution in [-0.4, -0.2) is 56.2 Å². The van der Waals surface area contributed by atoms with Crippen molar-refractivity contribution in [2.45, 2.75) is 51.7 Å². The smallest absolute Gasteiger partial charge is 0.410 e. The lowest BCUT2D eigenvalue weighted by Gasteiger charge is -2.26. The van der Waals surface area contributed by atoms with Gasteiger partial charge in [0.25, 0.3) is 0 Å². The number of hydrogen-bond acceptors (Lipinski definition) is 6. The Labute approximate surface area is 133 Å². The van der Waals surface area contributed by atoms with E-state index >= 15 is 0 Å². The Hall–Kier alpha value is -0.860. The number of nitrogens with zero attached hydrogens (tertiary/aromatic N) is 1. The summed E-state index contributed by atoms with van der Waals surface area (Å²) in [6, 6.07) is 0.00851. The van der Waals surface area contributed by atoms with Crippen LogP contribution in [-0.2, 0) is 14.6 Å². The van der Waals surface area contributed by atoms with Gasteiger partial charge in [0.05, 0.1) is 0 Å². The van der Waals surface area contributed by atoms with Crippen LogP contribution in [0.1, 0.15) is 40.0 Å². The number of nitrogens with one attached hydrogen (secondary N) is 1. The number of amides is 1. The molecule has 1 aliphatic heterocycles. The quantitative estimate of drug-likeness (QED) is 0.552. The molecule has 7 nitrogen and oxygen atoms in total. The molecule has 0 aromatic rings. The lowest BCUT2D eigenvalue weighted by molar-refractivity contribution is 0.0285. The van der Waals surface area contributed by atoms with Gasteiger partial charge >= 0.3 is 6.09 Å². The van der Waals surface area contributed by atoms with E-state index in [1.54, 1.807) is 4.90 Å². The van der Waals surface area contributed by atoms with Crippen molar-refractivity contribution in [2.75, 3.05) is 25.1 Å². The molecule has 0 radical (unpaired) electrons. The highest BCUT2D eigenvalue weighted by Gasteiger charge is 2.33. The molecule has 1 amide bonds. The molecule has 0 aromatic carbocycles. The molecule has 1 heterocycles. The van der Waals surface area contributed by atoms with Gasteiger partial charge in [-0.05, 0) is 46.0 Å². The van der Waals surface area contributed by atoms with Gasteiger partial charge in [-0.15, -0.1) is 0 Å².